The molecule has 12 rings (SSSR count). The Labute approximate surface area is 351 Å². The maximum atomic E-state index is 4.80. The molecule has 0 fully saturated rings. The summed E-state index contributed by atoms with van der Waals surface area (Å²) in [6.07, 6.45) is 0. The second kappa shape index (κ2) is 14.0. The SMILES string of the molecule is c1ccc(-c2ccc(-c3ccc4sc5c(-c6ccc(-c7nnc8c9ccccc9c9ccccc9n78)cc6)cc(-c6ccc(-c7ccccc7)cc6)cc5c4c3)cc2)cc1. The molecule has 0 aliphatic rings. The minimum absolute atomic E-state index is 0.835. The summed E-state index contributed by atoms with van der Waals surface area (Å²) < 4.78 is 4.77. The van der Waals surface area contributed by atoms with Crippen LogP contribution in [0.15, 0.2) is 212 Å². The van der Waals surface area contributed by atoms with Gasteiger partial charge in [0.25, 0.3) is 0 Å². The molecule has 3 heterocycles. The molecule has 3 nitrogen and oxygen atoms in total. The van der Waals surface area contributed by atoms with Crippen LogP contribution < -0.4 is 0 Å². The van der Waals surface area contributed by atoms with E-state index in [4.69, 9.17) is 10.2 Å². The first-order chi connectivity index (χ1) is 29.7. The number of hydrogen-bond acceptors (Lipinski definition) is 3. The van der Waals surface area contributed by atoms with Crippen molar-refractivity contribution in [3.05, 3.63) is 212 Å². The second-order valence-electron chi connectivity index (χ2n) is 15.4. The quantitative estimate of drug-likeness (QED) is 0.157. The average Bonchev–Trinajstić information content (AvgIpc) is 3.95. The van der Waals surface area contributed by atoms with Gasteiger partial charge in [-0.3, -0.25) is 4.40 Å². The summed E-state index contributed by atoms with van der Waals surface area (Å²) in [4.78, 5) is 0. The lowest BCUT2D eigenvalue weighted by atomic mass is 9.94. The van der Waals surface area contributed by atoms with Crippen molar-refractivity contribution in [1.29, 1.82) is 0 Å². The van der Waals surface area contributed by atoms with Crippen molar-refractivity contribution >= 4 is 58.8 Å². The fraction of sp³-hybridized carbons (Fsp3) is 0. The van der Waals surface area contributed by atoms with E-state index in [1.165, 1.54) is 86.6 Å². The zero-order chi connectivity index (χ0) is 39.6. The van der Waals surface area contributed by atoms with E-state index >= 15 is 0 Å². The van der Waals surface area contributed by atoms with Gasteiger partial charge >= 0.3 is 0 Å². The van der Waals surface area contributed by atoms with E-state index in [-0.39, 0.29) is 0 Å². The van der Waals surface area contributed by atoms with Crippen LogP contribution in [0.2, 0.25) is 0 Å². The molecule has 0 aliphatic carbocycles. The topological polar surface area (TPSA) is 30.2 Å². The molecule has 0 saturated carbocycles. The number of hydrogen-bond donors (Lipinski definition) is 0. The molecule has 60 heavy (non-hydrogen) atoms. The van der Waals surface area contributed by atoms with Gasteiger partial charge in [0.1, 0.15) is 0 Å². The van der Waals surface area contributed by atoms with Gasteiger partial charge in [-0.15, -0.1) is 21.5 Å². The molecule has 3 aromatic heterocycles. The van der Waals surface area contributed by atoms with Crippen LogP contribution in [-0.2, 0) is 0 Å². The van der Waals surface area contributed by atoms with Gasteiger partial charge in [-0.1, -0.05) is 182 Å². The first-order valence-electron chi connectivity index (χ1n) is 20.3. The largest absolute Gasteiger partial charge is 0.274 e. The summed E-state index contributed by atoms with van der Waals surface area (Å²) in [5.74, 6) is 0.835. The highest BCUT2D eigenvalue weighted by Crippen LogP contribution is 2.45. The zero-order valence-electron chi connectivity index (χ0n) is 32.5. The summed E-state index contributed by atoms with van der Waals surface area (Å²) in [7, 11) is 0. The van der Waals surface area contributed by atoms with Crippen molar-refractivity contribution in [3.63, 3.8) is 0 Å². The summed E-state index contributed by atoms with van der Waals surface area (Å²) in [6, 6.07) is 76.7. The van der Waals surface area contributed by atoms with Gasteiger partial charge in [0.15, 0.2) is 11.5 Å². The average molecular weight is 782 g/mol. The Morgan fingerprint density at radius 3 is 1.47 bits per heavy atom. The van der Waals surface area contributed by atoms with E-state index in [9.17, 15) is 0 Å². The van der Waals surface area contributed by atoms with Gasteiger partial charge in [-0.05, 0) is 85.8 Å². The Kier molecular flexibility index (Phi) is 8.03. The van der Waals surface area contributed by atoms with E-state index in [0.29, 0.717) is 0 Å². The molecule has 12 aromatic rings. The predicted octanol–water partition coefficient (Wildman–Crippen LogP) is 15.4. The molecule has 280 valence electrons. The highest BCUT2D eigenvalue weighted by Gasteiger charge is 2.18. The highest BCUT2D eigenvalue weighted by atomic mass is 32.1. The number of fused-ring (bicyclic) bond motifs is 9. The van der Waals surface area contributed by atoms with Gasteiger partial charge in [0.05, 0.1) is 5.52 Å². The van der Waals surface area contributed by atoms with Crippen molar-refractivity contribution < 1.29 is 0 Å². The molecule has 0 saturated heterocycles. The molecule has 0 spiro atoms. The third kappa shape index (κ3) is 5.72. The number of nitrogens with zero attached hydrogens (tertiary/aromatic N) is 3. The van der Waals surface area contributed by atoms with Gasteiger partial charge in [0, 0.05) is 42.1 Å². The monoisotopic (exact) mass is 781 g/mol. The third-order valence-corrected chi connectivity index (χ3v) is 13.2. The van der Waals surface area contributed by atoms with Gasteiger partial charge in [-0.2, -0.15) is 0 Å². The van der Waals surface area contributed by atoms with E-state index in [1.54, 1.807) is 0 Å². The van der Waals surface area contributed by atoms with E-state index in [1.807, 2.05) is 11.3 Å². The van der Waals surface area contributed by atoms with Crippen LogP contribution in [-0.4, -0.2) is 14.6 Å². The van der Waals surface area contributed by atoms with Crippen LogP contribution in [0.1, 0.15) is 0 Å². The van der Waals surface area contributed by atoms with Gasteiger partial charge in [-0.25, -0.2) is 0 Å². The van der Waals surface area contributed by atoms with Crippen LogP contribution in [0, 0.1) is 0 Å². The lowest BCUT2D eigenvalue weighted by Crippen LogP contribution is -1.94. The number of benzene rings is 9. The summed E-state index contributed by atoms with van der Waals surface area (Å²) in [6.45, 7) is 0. The first kappa shape index (κ1) is 34.4. The molecule has 0 amide bonds. The van der Waals surface area contributed by atoms with Crippen LogP contribution in [0.4, 0.5) is 0 Å². The minimum Gasteiger partial charge on any atom is -0.274 e. The second-order valence-corrected chi connectivity index (χ2v) is 16.5. The van der Waals surface area contributed by atoms with Gasteiger partial charge in [0.2, 0.25) is 0 Å². The smallest absolute Gasteiger partial charge is 0.169 e. The molecule has 0 aliphatic heterocycles. The Bertz CT molecular complexity index is 3550. The molecule has 0 bridgehead atoms. The number of para-hydroxylation sites is 1. The van der Waals surface area contributed by atoms with Crippen molar-refractivity contribution in [1.82, 2.24) is 14.6 Å². The molecule has 0 radical (unpaired) electrons. The Balaban J connectivity index is 0.996. The molecule has 4 heteroatoms. The molecule has 0 N–H and O–H groups in total. The maximum absolute atomic E-state index is 4.80. The molecule has 0 unspecified atom stereocenters. The molecular formula is C56H35N3S. The van der Waals surface area contributed by atoms with E-state index in [0.717, 1.165) is 27.9 Å². The summed E-state index contributed by atoms with van der Waals surface area (Å²) in [5.41, 5.74) is 15.1. The van der Waals surface area contributed by atoms with Crippen molar-refractivity contribution in [2.45, 2.75) is 0 Å². The van der Waals surface area contributed by atoms with Crippen molar-refractivity contribution in [2.24, 2.45) is 0 Å². The number of thiophene rings is 1. The molecule has 0 atom stereocenters. The summed E-state index contributed by atoms with van der Waals surface area (Å²) in [5, 5.41) is 15.6. The minimum atomic E-state index is 0.835. The third-order valence-electron chi connectivity index (χ3n) is 11.9. The van der Waals surface area contributed by atoms with Gasteiger partial charge < -0.3 is 0 Å². The van der Waals surface area contributed by atoms with Crippen LogP contribution >= 0.6 is 11.3 Å². The Morgan fingerprint density at radius 2 is 0.800 bits per heavy atom. The molecular weight excluding hydrogens is 747 g/mol. The number of pyridine rings is 1. The lowest BCUT2D eigenvalue weighted by molar-refractivity contribution is 1.12. The highest BCUT2D eigenvalue weighted by molar-refractivity contribution is 7.26. The van der Waals surface area contributed by atoms with Crippen LogP contribution in [0.25, 0.3) is 115 Å². The van der Waals surface area contributed by atoms with E-state index < -0.39 is 0 Å². The maximum Gasteiger partial charge on any atom is 0.169 e. The standard InChI is InChI=1S/C56H35N3S/c1-3-11-36(12-4-1)38-19-23-40(24-20-38)44-31-32-53-50(33-44)51-35-45(41-25-21-39(22-26-41)37-13-5-2-6-14-37)34-49(54(51)60-53)42-27-29-43(30-28-42)55-57-58-56-48-17-8-7-15-46(48)47-16-9-10-18-52(47)59(55)56/h1-35H. The predicted molar refractivity (Wildman–Crippen MR) is 254 cm³/mol. The number of aromatic nitrogens is 3. The van der Waals surface area contributed by atoms with Crippen molar-refractivity contribution in [2.75, 3.05) is 0 Å². The zero-order valence-corrected chi connectivity index (χ0v) is 33.3. The Hall–Kier alpha value is -7.66. The molecule has 9 aromatic carbocycles. The normalized spacial score (nSPS) is 11.7. The lowest BCUT2D eigenvalue weighted by Gasteiger charge is -2.11. The number of rotatable bonds is 6. The van der Waals surface area contributed by atoms with Crippen molar-refractivity contribution in [3.8, 4) is 67.0 Å². The Morgan fingerprint density at radius 1 is 0.317 bits per heavy atom. The first-order valence-corrected chi connectivity index (χ1v) is 21.1. The fourth-order valence-corrected chi connectivity index (χ4v) is 10.1. The summed E-state index contributed by atoms with van der Waals surface area (Å²) >= 11 is 1.87. The van der Waals surface area contributed by atoms with Crippen LogP contribution in [0.5, 0.6) is 0 Å². The van der Waals surface area contributed by atoms with E-state index in [2.05, 4.69) is 217 Å². The fourth-order valence-electron chi connectivity index (χ4n) is 8.89. The van der Waals surface area contributed by atoms with Crippen LogP contribution in [0.3, 0.4) is 0 Å².